The number of ether oxygens (including phenoxy) is 4. The van der Waals surface area contributed by atoms with Gasteiger partial charge in [-0.25, -0.2) is 0 Å². The molecule has 0 saturated heterocycles. The fraction of sp³-hybridized carbons (Fsp3) is 0.429. The summed E-state index contributed by atoms with van der Waals surface area (Å²) in [5.41, 5.74) is 4.21. The van der Waals surface area contributed by atoms with E-state index in [2.05, 4.69) is 153 Å². The molecule has 4 aromatic rings. The van der Waals surface area contributed by atoms with Gasteiger partial charge in [0.25, 0.3) is 0 Å². The van der Waals surface area contributed by atoms with E-state index < -0.39 is 0 Å². The molecule has 0 atom stereocenters. The predicted octanol–water partition coefficient (Wildman–Crippen LogP) is 13.2. The molecule has 4 heteroatoms. The van der Waals surface area contributed by atoms with E-state index in [0.29, 0.717) is 13.2 Å². The van der Waals surface area contributed by atoms with Crippen LogP contribution in [0.5, 0.6) is 23.0 Å². The first-order chi connectivity index (χ1) is 25.4. The van der Waals surface area contributed by atoms with Gasteiger partial charge in [0, 0.05) is 17.3 Å². The SMILES string of the molecule is C=CCOc1ccc(C(C)(C)c2ccc(OC(CC)(CC)CCCOc3ccc(C(C)(C)c4ccc(OC(CC)(CC)CC=C)cc4)cc3)cc2)cc1. The molecule has 0 spiro atoms. The van der Waals surface area contributed by atoms with Crippen molar-refractivity contribution in [2.24, 2.45) is 0 Å². The lowest BCUT2D eigenvalue weighted by Crippen LogP contribution is -2.35. The second-order valence-corrected chi connectivity index (χ2v) is 15.4. The Hall–Kier alpha value is -4.44. The van der Waals surface area contributed by atoms with Crippen LogP contribution in [0.2, 0.25) is 0 Å². The average Bonchev–Trinajstić information content (AvgIpc) is 3.18. The fourth-order valence-corrected chi connectivity index (χ4v) is 7.17. The smallest absolute Gasteiger partial charge is 0.120 e. The standard InChI is InChI=1S/C49H64O4/c1-11-34-48(13-3,14-4)52-44-30-22-40(23-31-44)47(9,10)39-20-28-43(29-21-39)51-37-17-35-49(15-5,16-6)53-45-32-24-41(25-33-45)46(7,8)38-18-26-42(27-19-38)50-36-12-2/h11-12,18-33H,1-2,13-17,34-37H2,3-10H3. The Kier molecular flexibility index (Phi) is 14.5. The zero-order valence-electron chi connectivity index (χ0n) is 33.8. The van der Waals surface area contributed by atoms with Gasteiger partial charge < -0.3 is 18.9 Å². The number of hydrogen-bond acceptors (Lipinski definition) is 4. The van der Waals surface area contributed by atoms with Crippen molar-refractivity contribution in [1.82, 2.24) is 0 Å². The molecular weight excluding hydrogens is 653 g/mol. The zero-order valence-corrected chi connectivity index (χ0v) is 33.8. The molecular formula is C49H64O4. The van der Waals surface area contributed by atoms with Crippen LogP contribution in [-0.4, -0.2) is 24.4 Å². The van der Waals surface area contributed by atoms with E-state index in [4.69, 9.17) is 18.9 Å². The van der Waals surface area contributed by atoms with Gasteiger partial charge in [-0.05, 0) is 109 Å². The third-order valence-corrected chi connectivity index (χ3v) is 11.5. The first kappa shape index (κ1) is 41.3. The van der Waals surface area contributed by atoms with Crippen molar-refractivity contribution < 1.29 is 18.9 Å². The highest BCUT2D eigenvalue weighted by Gasteiger charge is 2.30. The van der Waals surface area contributed by atoms with E-state index in [1.165, 1.54) is 22.3 Å². The van der Waals surface area contributed by atoms with Crippen molar-refractivity contribution in [1.29, 1.82) is 0 Å². The van der Waals surface area contributed by atoms with E-state index >= 15 is 0 Å². The van der Waals surface area contributed by atoms with Crippen molar-refractivity contribution in [2.75, 3.05) is 13.2 Å². The summed E-state index contributed by atoms with van der Waals surface area (Å²) in [5.74, 6) is 3.56. The molecule has 0 aliphatic heterocycles. The van der Waals surface area contributed by atoms with Crippen LogP contribution in [0.3, 0.4) is 0 Å². The minimum atomic E-state index is -0.240. The van der Waals surface area contributed by atoms with E-state index in [1.807, 2.05) is 18.2 Å². The lowest BCUT2D eigenvalue weighted by molar-refractivity contribution is 0.0450. The van der Waals surface area contributed by atoms with Crippen LogP contribution in [0.4, 0.5) is 0 Å². The van der Waals surface area contributed by atoms with Crippen molar-refractivity contribution in [3.05, 3.63) is 145 Å². The van der Waals surface area contributed by atoms with E-state index in [-0.39, 0.29) is 22.0 Å². The summed E-state index contributed by atoms with van der Waals surface area (Å²) in [6, 6.07) is 34.1. The molecule has 53 heavy (non-hydrogen) atoms. The van der Waals surface area contributed by atoms with E-state index in [1.54, 1.807) is 6.08 Å². The number of rotatable bonds is 22. The topological polar surface area (TPSA) is 36.9 Å². The minimum Gasteiger partial charge on any atom is -0.494 e. The molecule has 0 aliphatic rings. The van der Waals surface area contributed by atoms with Crippen LogP contribution in [0.25, 0.3) is 0 Å². The molecule has 0 fully saturated rings. The molecule has 0 saturated carbocycles. The van der Waals surface area contributed by atoms with Gasteiger partial charge in [-0.15, -0.1) is 6.58 Å². The first-order valence-electron chi connectivity index (χ1n) is 19.7. The maximum atomic E-state index is 6.74. The van der Waals surface area contributed by atoms with Crippen LogP contribution in [0.1, 0.15) is 123 Å². The summed E-state index contributed by atoms with van der Waals surface area (Å²) in [5, 5.41) is 0. The number of benzene rings is 4. The molecule has 0 amide bonds. The van der Waals surface area contributed by atoms with Crippen LogP contribution in [0, 0.1) is 0 Å². The highest BCUT2D eigenvalue weighted by atomic mass is 16.5. The zero-order chi connectivity index (χ0) is 38.5. The molecule has 4 aromatic carbocycles. The van der Waals surface area contributed by atoms with E-state index in [0.717, 1.165) is 67.9 Å². The van der Waals surface area contributed by atoms with Crippen LogP contribution in [-0.2, 0) is 10.8 Å². The molecule has 0 radical (unpaired) electrons. The van der Waals surface area contributed by atoms with Crippen molar-refractivity contribution in [3.63, 3.8) is 0 Å². The predicted molar refractivity (Wildman–Crippen MR) is 223 cm³/mol. The van der Waals surface area contributed by atoms with Crippen molar-refractivity contribution in [3.8, 4) is 23.0 Å². The Bertz CT molecular complexity index is 1690. The van der Waals surface area contributed by atoms with Crippen molar-refractivity contribution in [2.45, 2.75) is 122 Å². The molecule has 284 valence electrons. The van der Waals surface area contributed by atoms with Gasteiger partial charge in [-0.3, -0.25) is 0 Å². The Balaban J connectivity index is 1.31. The number of hydrogen-bond donors (Lipinski definition) is 0. The molecule has 0 heterocycles. The Morgan fingerprint density at radius 2 is 0.830 bits per heavy atom. The first-order valence-corrected chi connectivity index (χ1v) is 19.7. The summed E-state index contributed by atoms with van der Waals surface area (Å²) in [4.78, 5) is 0. The van der Waals surface area contributed by atoms with Crippen LogP contribution >= 0.6 is 0 Å². The minimum absolute atomic E-state index is 0.156. The Morgan fingerprint density at radius 1 is 0.472 bits per heavy atom. The second kappa shape index (κ2) is 18.5. The molecule has 0 bridgehead atoms. The van der Waals surface area contributed by atoms with Crippen molar-refractivity contribution >= 4 is 0 Å². The van der Waals surface area contributed by atoms with Gasteiger partial charge in [-0.1, -0.05) is 123 Å². The highest BCUT2D eigenvalue weighted by molar-refractivity contribution is 5.43. The summed E-state index contributed by atoms with van der Waals surface area (Å²) < 4.78 is 25.1. The highest BCUT2D eigenvalue weighted by Crippen LogP contribution is 2.37. The third-order valence-electron chi connectivity index (χ3n) is 11.5. The maximum Gasteiger partial charge on any atom is 0.120 e. The van der Waals surface area contributed by atoms with Gasteiger partial charge >= 0.3 is 0 Å². The largest absolute Gasteiger partial charge is 0.494 e. The summed E-state index contributed by atoms with van der Waals surface area (Å²) in [6.45, 7) is 26.7. The lowest BCUT2D eigenvalue weighted by Gasteiger charge is -2.33. The molecule has 4 nitrogen and oxygen atoms in total. The van der Waals surface area contributed by atoms with Crippen LogP contribution in [0.15, 0.2) is 122 Å². The Labute approximate surface area is 321 Å². The molecule has 0 unspecified atom stereocenters. The quantitative estimate of drug-likeness (QED) is 0.0599. The summed E-state index contributed by atoms with van der Waals surface area (Å²) in [7, 11) is 0. The molecule has 4 rings (SSSR count). The Morgan fingerprint density at radius 3 is 1.19 bits per heavy atom. The second-order valence-electron chi connectivity index (χ2n) is 15.4. The fourth-order valence-electron chi connectivity index (χ4n) is 7.17. The lowest BCUT2D eigenvalue weighted by atomic mass is 9.78. The van der Waals surface area contributed by atoms with Gasteiger partial charge in [0.1, 0.15) is 40.8 Å². The molecule has 0 N–H and O–H groups in total. The van der Waals surface area contributed by atoms with Gasteiger partial charge in [0.2, 0.25) is 0 Å². The van der Waals surface area contributed by atoms with E-state index in [9.17, 15) is 0 Å². The summed E-state index contributed by atoms with van der Waals surface area (Å²) in [6.07, 6.45) is 10.1. The van der Waals surface area contributed by atoms with Gasteiger partial charge in [-0.2, -0.15) is 0 Å². The average molecular weight is 717 g/mol. The van der Waals surface area contributed by atoms with Gasteiger partial charge in [0.15, 0.2) is 0 Å². The molecule has 0 aliphatic carbocycles. The third kappa shape index (κ3) is 10.4. The van der Waals surface area contributed by atoms with Crippen LogP contribution < -0.4 is 18.9 Å². The van der Waals surface area contributed by atoms with Gasteiger partial charge in [0.05, 0.1) is 6.61 Å². The molecule has 0 aromatic heterocycles. The normalized spacial score (nSPS) is 12.2. The monoisotopic (exact) mass is 716 g/mol. The summed E-state index contributed by atoms with van der Waals surface area (Å²) >= 11 is 0. The maximum absolute atomic E-state index is 6.74.